The van der Waals surface area contributed by atoms with Gasteiger partial charge >= 0.3 is 0 Å². The minimum atomic E-state index is 0.615. The summed E-state index contributed by atoms with van der Waals surface area (Å²) >= 11 is 0. The van der Waals surface area contributed by atoms with E-state index in [0.717, 1.165) is 83.2 Å². The molecule has 0 atom stereocenters. The smallest absolute Gasteiger partial charge is 0.164 e. The second kappa shape index (κ2) is 16.0. The number of hydrogen-bond acceptors (Lipinski definition) is 4. The monoisotopic (exact) mass is 790 g/mol. The molecule has 0 unspecified atom stereocenters. The number of pyridine rings is 1. The van der Waals surface area contributed by atoms with Crippen molar-refractivity contribution in [3.8, 4) is 89.9 Å². The topological polar surface area (TPSA) is 51.6 Å². The molecule has 0 saturated carbocycles. The Balaban J connectivity index is 0.994. The lowest BCUT2D eigenvalue weighted by molar-refractivity contribution is 1.07. The summed E-state index contributed by atoms with van der Waals surface area (Å²) in [5, 5.41) is 3.49. The Hall–Kier alpha value is -8.34. The zero-order valence-corrected chi connectivity index (χ0v) is 33.7. The zero-order chi connectivity index (χ0) is 41.2. The molecule has 2 aromatic heterocycles. The van der Waals surface area contributed by atoms with Crippen LogP contribution < -0.4 is 0 Å². The van der Waals surface area contributed by atoms with E-state index in [0.29, 0.717) is 17.5 Å². The molecule has 0 aliphatic carbocycles. The molecule has 0 amide bonds. The van der Waals surface area contributed by atoms with E-state index < -0.39 is 0 Å². The van der Waals surface area contributed by atoms with Crippen molar-refractivity contribution in [2.24, 2.45) is 0 Å². The van der Waals surface area contributed by atoms with Crippen molar-refractivity contribution in [3.63, 3.8) is 0 Å². The van der Waals surface area contributed by atoms with Crippen LogP contribution in [0.5, 0.6) is 0 Å². The summed E-state index contributed by atoms with van der Waals surface area (Å²) in [7, 11) is 0. The number of benzene rings is 9. The molecule has 11 aromatic rings. The van der Waals surface area contributed by atoms with Crippen molar-refractivity contribution in [2.45, 2.75) is 0 Å². The summed E-state index contributed by atoms with van der Waals surface area (Å²) in [5.74, 6) is 1.86. The van der Waals surface area contributed by atoms with Crippen LogP contribution in [0.4, 0.5) is 0 Å². The van der Waals surface area contributed by atoms with Gasteiger partial charge in [0, 0.05) is 38.4 Å². The average molecular weight is 791 g/mol. The van der Waals surface area contributed by atoms with Gasteiger partial charge in [0.15, 0.2) is 17.5 Å². The van der Waals surface area contributed by atoms with Gasteiger partial charge < -0.3 is 0 Å². The first-order valence-electron chi connectivity index (χ1n) is 20.9. The molecule has 4 nitrogen and oxygen atoms in total. The third kappa shape index (κ3) is 7.10. The van der Waals surface area contributed by atoms with E-state index in [9.17, 15) is 0 Å². The summed E-state index contributed by atoms with van der Waals surface area (Å²) in [5.41, 5.74) is 14.8. The minimum absolute atomic E-state index is 0.615. The Morgan fingerprint density at radius 2 is 0.597 bits per heavy atom. The molecule has 0 bridgehead atoms. The van der Waals surface area contributed by atoms with E-state index in [4.69, 9.17) is 19.9 Å². The van der Waals surface area contributed by atoms with Crippen molar-refractivity contribution < 1.29 is 0 Å². The number of nitrogens with zero attached hydrogens (tertiary/aromatic N) is 4. The molecule has 9 aromatic carbocycles. The van der Waals surface area contributed by atoms with Crippen LogP contribution in [0.15, 0.2) is 231 Å². The van der Waals surface area contributed by atoms with Crippen molar-refractivity contribution in [3.05, 3.63) is 231 Å². The van der Waals surface area contributed by atoms with Crippen LogP contribution in [0.1, 0.15) is 0 Å². The van der Waals surface area contributed by atoms with Crippen LogP contribution in [0.3, 0.4) is 0 Å². The highest BCUT2D eigenvalue weighted by molar-refractivity contribution is 6.17. The molecule has 0 aliphatic rings. The van der Waals surface area contributed by atoms with Gasteiger partial charge in [0.1, 0.15) is 0 Å². The Kier molecular flexibility index (Phi) is 9.49. The van der Waals surface area contributed by atoms with E-state index in [-0.39, 0.29) is 0 Å². The van der Waals surface area contributed by atoms with Crippen molar-refractivity contribution in [2.75, 3.05) is 0 Å². The van der Waals surface area contributed by atoms with Gasteiger partial charge in [0.05, 0.1) is 11.2 Å². The van der Waals surface area contributed by atoms with Gasteiger partial charge in [-0.3, -0.25) is 0 Å². The molecule has 2 heterocycles. The molecule has 0 fully saturated rings. The van der Waals surface area contributed by atoms with Crippen molar-refractivity contribution >= 4 is 21.7 Å². The first kappa shape index (κ1) is 36.7. The molecule has 0 saturated heterocycles. The Morgan fingerprint density at radius 3 is 1.11 bits per heavy atom. The summed E-state index contributed by atoms with van der Waals surface area (Å²) in [4.78, 5) is 20.6. The molecule has 0 radical (unpaired) electrons. The lowest BCUT2D eigenvalue weighted by atomic mass is 9.92. The minimum Gasteiger partial charge on any atom is -0.247 e. The highest BCUT2D eigenvalue weighted by Gasteiger charge is 2.17. The van der Waals surface area contributed by atoms with Crippen LogP contribution in [0.25, 0.3) is 112 Å². The fourth-order valence-electron chi connectivity index (χ4n) is 8.44. The first-order valence-corrected chi connectivity index (χ1v) is 20.9. The molecule has 62 heavy (non-hydrogen) atoms. The standard InChI is InChI=1S/C58H38N4/c1-4-16-39(17-5-1)44-22-12-25-47(36-44)56-60-57(48-26-13-23-45(37-48)40-18-6-2-7-19-40)62-58(61-56)49-27-14-24-46(38-49)41-32-34-42(35-33-41)50-29-15-30-52-54(50)51-28-10-11-31-53(51)59-55(52)43-20-8-3-9-21-43/h1-38H. The maximum absolute atomic E-state index is 5.16. The predicted octanol–water partition coefficient (Wildman–Crippen LogP) is 14.9. The maximum atomic E-state index is 5.16. The average Bonchev–Trinajstić information content (AvgIpc) is 3.37. The number of aromatic nitrogens is 4. The van der Waals surface area contributed by atoms with E-state index in [2.05, 4.69) is 212 Å². The quantitative estimate of drug-likeness (QED) is 0.144. The van der Waals surface area contributed by atoms with Gasteiger partial charge in [-0.1, -0.05) is 206 Å². The largest absolute Gasteiger partial charge is 0.247 e. The summed E-state index contributed by atoms with van der Waals surface area (Å²) in [6.07, 6.45) is 0. The maximum Gasteiger partial charge on any atom is 0.164 e. The summed E-state index contributed by atoms with van der Waals surface area (Å²) < 4.78 is 0. The van der Waals surface area contributed by atoms with Crippen LogP contribution >= 0.6 is 0 Å². The molecular weight excluding hydrogens is 753 g/mol. The second-order valence-electron chi connectivity index (χ2n) is 15.4. The van der Waals surface area contributed by atoms with Gasteiger partial charge in [-0.2, -0.15) is 0 Å². The van der Waals surface area contributed by atoms with Gasteiger partial charge in [-0.25, -0.2) is 19.9 Å². The number of rotatable bonds is 8. The normalized spacial score (nSPS) is 11.2. The lowest BCUT2D eigenvalue weighted by Crippen LogP contribution is -2.00. The lowest BCUT2D eigenvalue weighted by Gasteiger charge is -2.14. The van der Waals surface area contributed by atoms with Crippen LogP contribution in [0.2, 0.25) is 0 Å². The van der Waals surface area contributed by atoms with Gasteiger partial charge in [-0.05, 0) is 68.8 Å². The number of para-hydroxylation sites is 1. The van der Waals surface area contributed by atoms with Gasteiger partial charge in [0.25, 0.3) is 0 Å². The summed E-state index contributed by atoms with van der Waals surface area (Å²) in [6.45, 7) is 0. The van der Waals surface area contributed by atoms with E-state index in [1.165, 1.54) is 10.9 Å². The zero-order valence-electron chi connectivity index (χ0n) is 33.7. The predicted molar refractivity (Wildman–Crippen MR) is 256 cm³/mol. The molecule has 4 heteroatoms. The third-order valence-corrected chi connectivity index (χ3v) is 11.5. The van der Waals surface area contributed by atoms with E-state index in [1.54, 1.807) is 0 Å². The molecule has 0 spiro atoms. The molecular formula is C58H38N4. The van der Waals surface area contributed by atoms with Crippen molar-refractivity contribution in [1.82, 2.24) is 19.9 Å². The summed E-state index contributed by atoms with van der Waals surface area (Å²) in [6, 6.07) is 80.5. The highest BCUT2D eigenvalue weighted by atomic mass is 15.0. The number of hydrogen-bond donors (Lipinski definition) is 0. The van der Waals surface area contributed by atoms with E-state index >= 15 is 0 Å². The fraction of sp³-hybridized carbons (Fsp3) is 0. The molecule has 290 valence electrons. The van der Waals surface area contributed by atoms with Crippen molar-refractivity contribution in [1.29, 1.82) is 0 Å². The SMILES string of the molecule is c1ccc(-c2cccc(-c3nc(-c4cccc(-c5ccccc5)c4)nc(-c4cccc(-c5ccc(-c6cccc7c(-c8ccccc8)nc8ccccc8c67)cc5)c4)n3)c2)cc1. The number of fused-ring (bicyclic) bond motifs is 3. The van der Waals surface area contributed by atoms with Crippen LogP contribution in [-0.2, 0) is 0 Å². The Labute approximate surface area is 360 Å². The van der Waals surface area contributed by atoms with E-state index in [1.807, 2.05) is 18.2 Å². The molecule has 0 aliphatic heterocycles. The fourth-order valence-corrected chi connectivity index (χ4v) is 8.44. The van der Waals surface area contributed by atoms with Crippen LogP contribution in [-0.4, -0.2) is 19.9 Å². The second-order valence-corrected chi connectivity index (χ2v) is 15.4. The van der Waals surface area contributed by atoms with Gasteiger partial charge in [0.2, 0.25) is 0 Å². The molecule has 0 N–H and O–H groups in total. The Bertz CT molecular complexity index is 3280. The van der Waals surface area contributed by atoms with Crippen LogP contribution in [0, 0.1) is 0 Å². The third-order valence-electron chi connectivity index (χ3n) is 11.5. The van der Waals surface area contributed by atoms with Gasteiger partial charge in [-0.15, -0.1) is 0 Å². The highest BCUT2D eigenvalue weighted by Crippen LogP contribution is 2.39. The molecule has 11 rings (SSSR count). The first-order chi connectivity index (χ1) is 30.7. The Morgan fingerprint density at radius 1 is 0.226 bits per heavy atom.